The Bertz CT molecular complexity index is 442. The molecule has 1 N–H and O–H groups in total. The summed E-state index contributed by atoms with van der Waals surface area (Å²) in [5.41, 5.74) is -0.0973. The van der Waals surface area contributed by atoms with Crippen molar-refractivity contribution < 1.29 is 18.8 Å². The summed E-state index contributed by atoms with van der Waals surface area (Å²) in [6.07, 6.45) is 3.45. The topological polar surface area (TPSA) is 94.3 Å². The molecule has 8 heteroatoms. The average Bonchev–Trinajstić information content (AvgIpc) is 2.96. The summed E-state index contributed by atoms with van der Waals surface area (Å²) >= 11 is 0. The van der Waals surface area contributed by atoms with Crippen LogP contribution in [-0.4, -0.2) is 54.5 Å². The van der Waals surface area contributed by atoms with Crippen molar-refractivity contribution in [2.45, 2.75) is 25.5 Å². The minimum atomic E-state index is -1.11. The van der Waals surface area contributed by atoms with Gasteiger partial charge in [-0.25, -0.2) is 4.79 Å². The van der Waals surface area contributed by atoms with Gasteiger partial charge in [0, 0.05) is 28.9 Å². The lowest BCUT2D eigenvalue weighted by Gasteiger charge is -2.08. The molecule has 0 radical (unpaired) electrons. The summed E-state index contributed by atoms with van der Waals surface area (Å²) in [5.74, 6) is -0.135. The van der Waals surface area contributed by atoms with Crippen LogP contribution in [-0.2, 0) is 22.1 Å². The van der Waals surface area contributed by atoms with E-state index in [0.29, 0.717) is 18.1 Å². The van der Waals surface area contributed by atoms with E-state index in [4.69, 9.17) is 9.84 Å². The number of ether oxygens (including phenoxy) is 1. The highest BCUT2D eigenvalue weighted by molar-refractivity contribution is 7.85. The molecule has 2 unspecified atom stereocenters. The Balaban J connectivity index is 1.76. The molecule has 0 aromatic carbocycles. The molecule has 1 saturated heterocycles. The molecule has 1 aromatic rings. The van der Waals surface area contributed by atoms with E-state index in [1.807, 2.05) is 0 Å². The minimum Gasteiger partial charge on any atom is -0.476 e. The van der Waals surface area contributed by atoms with Crippen LogP contribution >= 0.6 is 0 Å². The minimum absolute atomic E-state index is 0.0973. The fourth-order valence-electron chi connectivity index (χ4n) is 1.77. The maximum atomic E-state index is 11.8. The van der Waals surface area contributed by atoms with E-state index < -0.39 is 16.8 Å². The van der Waals surface area contributed by atoms with Crippen LogP contribution in [0.5, 0.6) is 0 Å². The fourth-order valence-corrected chi connectivity index (χ4v) is 3.00. The maximum Gasteiger partial charge on any atom is 0.358 e. The van der Waals surface area contributed by atoms with Crippen molar-refractivity contribution >= 4 is 16.8 Å². The number of aryl methyl sites for hydroxylation is 1. The molecule has 7 nitrogen and oxygen atoms in total. The predicted molar refractivity (Wildman–Crippen MR) is 63.8 cm³/mol. The van der Waals surface area contributed by atoms with Gasteiger partial charge >= 0.3 is 5.97 Å². The molecule has 0 saturated carbocycles. The second-order valence-electron chi connectivity index (χ2n) is 4.12. The van der Waals surface area contributed by atoms with Crippen LogP contribution in [0.4, 0.5) is 0 Å². The van der Waals surface area contributed by atoms with Gasteiger partial charge in [-0.2, -0.15) is 0 Å². The van der Waals surface area contributed by atoms with Crippen LogP contribution < -0.4 is 0 Å². The van der Waals surface area contributed by atoms with Gasteiger partial charge in [-0.1, -0.05) is 5.21 Å². The number of aromatic carboxylic acids is 1. The van der Waals surface area contributed by atoms with Crippen LogP contribution in [0.1, 0.15) is 23.3 Å². The lowest BCUT2D eigenvalue weighted by Crippen LogP contribution is -2.19. The number of carboxylic acids is 1. The first kappa shape index (κ1) is 13.2. The summed E-state index contributed by atoms with van der Waals surface area (Å²) in [7, 11) is -0.973. The van der Waals surface area contributed by atoms with Crippen molar-refractivity contribution in [3.8, 4) is 0 Å². The van der Waals surface area contributed by atoms with Crippen LogP contribution in [0.3, 0.4) is 0 Å². The van der Waals surface area contributed by atoms with Crippen molar-refractivity contribution in [3.63, 3.8) is 0 Å². The van der Waals surface area contributed by atoms with Crippen molar-refractivity contribution in [2.75, 3.05) is 18.1 Å². The van der Waals surface area contributed by atoms with Crippen molar-refractivity contribution in [1.29, 1.82) is 0 Å². The molecule has 2 atom stereocenters. The summed E-state index contributed by atoms with van der Waals surface area (Å²) in [6, 6.07) is 0. The molecule has 100 valence electrons. The van der Waals surface area contributed by atoms with Gasteiger partial charge in [-0.3, -0.25) is 8.89 Å². The Kier molecular flexibility index (Phi) is 4.43. The van der Waals surface area contributed by atoms with Gasteiger partial charge in [-0.15, -0.1) is 5.10 Å². The molecular weight excluding hydrogens is 258 g/mol. The summed E-state index contributed by atoms with van der Waals surface area (Å²) in [5, 5.41) is 15.8. The van der Waals surface area contributed by atoms with Crippen molar-refractivity contribution in [2.24, 2.45) is 0 Å². The largest absolute Gasteiger partial charge is 0.476 e. The molecule has 2 rings (SSSR count). The van der Waals surface area contributed by atoms with Gasteiger partial charge in [0.25, 0.3) is 0 Å². The Morgan fingerprint density at radius 2 is 2.50 bits per heavy atom. The zero-order valence-electron chi connectivity index (χ0n) is 9.82. The normalized spacial score (nSPS) is 21.0. The maximum absolute atomic E-state index is 11.8. The second-order valence-corrected chi connectivity index (χ2v) is 5.74. The molecular formula is C10H15N3O4S. The van der Waals surface area contributed by atoms with Gasteiger partial charge in [-0.05, 0) is 12.8 Å². The molecule has 0 spiro atoms. The third-order valence-electron chi connectivity index (χ3n) is 2.70. The van der Waals surface area contributed by atoms with Gasteiger partial charge < -0.3 is 9.84 Å². The zero-order chi connectivity index (χ0) is 13.0. The number of rotatable bonds is 6. The van der Waals surface area contributed by atoms with E-state index in [1.165, 1.54) is 10.9 Å². The summed E-state index contributed by atoms with van der Waals surface area (Å²) < 4.78 is 18.6. The van der Waals surface area contributed by atoms with Crippen molar-refractivity contribution in [3.05, 3.63) is 11.9 Å². The monoisotopic (exact) mass is 273 g/mol. The SMILES string of the molecule is O=C(O)c1cn(CCS(=O)CC2CCCO2)nn1. The number of nitrogens with zero attached hydrogens (tertiary/aromatic N) is 3. The molecule has 1 aromatic heterocycles. The number of aromatic nitrogens is 3. The number of hydrogen-bond donors (Lipinski definition) is 1. The first-order valence-electron chi connectivity index (χ1n) is 5.75. The van der Waals surface area contributed by atoms with E-state index in [-0.39, 0.29) is 11.8 Å². The van der Waals surface area contributed by atoms with Crippen LogP contribution in [0, 0.1) is 0 Å². The van der Waals surface area contributed by atoms with Crippen LogP contribution in [0.15, 0.2) is 6.20 Å². The number of carbonyl (C=O) groups is 1. The molecule has 1 aliphatic heterocycles. The highest BCUT2D eigenvalue weighted by atomic mass is 32.2. The highest BCUT2D eigenvalue weighted by Gasteiger charge is 2.18. The van der Waals surface area contributed by atoms with Gasteiger partial charge in [0.05, 0.1) is 18.8 Å². The summed E-state index contributed by atoms with van der Waals surface area (Å²) in [6.45, 7) is 1.16. The van der Waals surface area contributed by atoms with E-state index in [2.05, 4.69) is 10.3 Å². The third kappa shape index (κ3) is 3.61. The number of carboxylic acid groups (broad SMARTS) is 1. The van der Waals surface area contributed by atoms with Crippen LogP contribution in [0.25, 0.3) is 0 Å². The first-order chi connectivity index (χ1) is 8.65. The Labute approximate surface area is 107 Å². The Morgan fingerprint density at radius 3 is 3.11 bits per heavy atom. The predicted octanol–water partition coefficient (Wildman–Crippen LogP) is -0.0960. The summed E-state index contributed by atoms with van der Waals surface area (Å²) in [4.78, 5) is 10.6. The average molecular weight is 273 g/mol. The number of hydrogen-bond acceptors (Lipinski definition) is 5. The van der Waals surface area contributed by atoms with Crippen molar-refractivity contribution in [1.82, 2.24) is 15.0 Å². The molecule has 0 amide bonds. The van der Waals surface area contributed by atoms with E-state index >= 15 is 0 Å². The van der Waals surface area contributed by atoms with Gasteiger partial charge in [0.15, 0.2) is 5.69 Å². The van der Waals surface area contributed by atoms with E-state index in [9.17, 15) is 9.00 Å². The Morgan fingerprint density at radius 1 is 1.67 bits per heavy atom. The lowest BCUT2D eigenvalue weighted by atomic mass is 10.3. The highest BCUT2D eigenvalue weighted by Crippen LogP contribution is 2.12. The van der Waals surface area contributed by atoms with E-state index in [0.717, 1.165) is 19.4 Å². The molecule has 1 aliphatic rings. The lowest BCUT2D eigenvalue weighted by molar-refractivity contribution is 0.0690. The standard InChI is InChI=1S/C10H15N3O4S/c14-10(15)9-6-13(12-11-9)3-5-18(16)7-8-2-1-4-17-8/h6,8H,1-5,7H2,(H,14,15). The van der Waals surface area contributed by atoms with Crippen LogP contribution in [0.2, 0.25) is 0 Å². The molecule has 2 heterocycles. The first-order valence-corrected chi connectivity index (χ1v) is 7.24. The van der Waals surface area contributed by atoms with Gasteiger partial charge in [0.2, 0.25) is 0 Å². The molecule has 0 aliphatic carbocycles. The van der Waals surface area contributed by atoms with Gasteiger partial charge in [0.1, 0.15) is 0 Å². The molecule has 0 bridgehead atoms. The fraction of sp³-hybridized carbons (Fsp3) is 0.700. The zero-order valence-corrected chi connectivity index (χ0v) is 10.6. The Hall–Kier alpha value is -1.28. The smallest absolute Gasteiger partial charge is 0.358 e. The second kappa shape index (κ2) is 6.05. The molecule has 1 fully saturated rings. The quantitative estimate of drug-likeness (QED) is 0.778. The third-order valence-corrected chi connectivity index (χ3v) is 4.08. The van der Waals surface area contributed by atoms with E-state index in [1.54, 1.807) is 0 Å². The molecule has 18 heavy (non-hydrogen) atoms.